The maximum absolute atomic E-state index is 12.5. The molecule has 0 fully saturated rings. The highest BCUT2D eigenvalue weighted by Gasteiger charge is 2.29. The first-order chi connectivity index (χ1) is 9.14. The molecule has 0 aliphatic rings. The topological polar surface area (TPSA) is 93.4 Å². The fraction of sp³-hybridized carbons (Fsp3) is 0.455. The summed E-state index contributed by atoms with van der Waals surface area (Å²) < 4.78 is 26.6. The van der Waals surface area contributed by atoms with Gasteiger partial charge in [-0.15, -0.1) is 0 Å². The largest absolute Gasteiger partial charge is 0.369 e. The van der Waals surface area contributed by atoms with Gasteiger partial charge in [-0.1, -0.05) is 25.4 Å². The van der Waals surface area contributed by atoms with Crippen LogP contribution in [0.5, 0.6) is 0 Å². The first-order valence-electron chi connectivity index (χ1n) is 5.74. The van der Waals surface area contributed by atoms with Crippen LogP contribution in [0.4, 0.5) is 0 Å². The van der Waals surface area contributed by atoms with Gasteiger partial charge in [0.1, 0.15) is 10.0 Å². The van der Waals surface area contributed by atoms with Crippen LogP contribution >= 0.6 is 27.5 Å². The van der Waals surface area contributed by atoms with E-state index in [-0.39, 0.29) is 22.5 Å². The van der Waals surface area contributed by atoms with E-state index >= 15 is 0 Å². The second-order valence-corrected chi connectivity index (χ2v) is 7.78. The van der Waals surface area contributed by atoms with Crippen molar-refractivity contribution >= 4 is 43.5 Å². The van der Waals surface area contributed by atoms with Crippen LogP contribution in [0.1, 0.15) is 13.8 Å². The third-order valence-electron chi connectivity index (χ3n) is 2.29. The third kappa shape index (κ3) is 4.41. The van der Waals surface area contributed by atoms with Crippen molar-refractivity contribution in [3.63, 3.8) is 0 Å². The number of nitrogens with zero attached hydrogens (tertiary/aromatic N) is 2. The van der Waals surface area contributed by atoms with Crippen LogP contribution in [0.25, 0.3) is 0 Å². The van der Waals surface area contributed by atoms with Gasteiger partial charge < -0.3 is 5.73 Å². The molecule has 1 amide bonds. The Morgan fingerprint density at radius 1 is 1.55 bits per heavy atom. The summed E-state index contributed by atoms with van der Waals surface area (Å²) >= 11 is 8.99. The lowest BCUT2D eigenvalue weighted by molar-refractivity contribution is -0.118. The zero-order chi connectivity index (χ0) is 15.5. The molecule has 0 saturated carbocycles. The van der Waals surface area contributed by atoms with E-state index in [9.17, 15) is 13.2 Å². The van der Waals surface area contributed by atoms with Gasteiger partial charge in [0.05, 0.1) is 6.54 Å². The van der Waals surface area contributed by atoms with E-state index in [1.165, 1.54) is 12.3 Å². The number of halogens is 2. The summed E-state index contributed by atoms with van der Waals surface area (Å²) in [6.07, 6.45) is 1.39. The summed E-state index contributed by atoms with van der Waals surface area (Å²) in [7, 11) is -3.94. The first kappa shape index (κ1) is 17.4. The van der Waals surface area contributed by atoms with Gasteiger partial charge in [0.2, 0.25) is 15.9 Å². The van der Waals surface area contributed by atoms with Crippen molar-refractivity contribution in [2.45, 2.75) is 18.7 Å². The number of amides is 1. The van der Waals surface area contributed by atoms with E-state index in [2.05, 4.69) is 20.9 Å². The van der Waals surface area contributed by atoms with Gasteiger partial charge in [-0.2, -0.15) is 4.31 Å². The molecule has 0 aliphatic heterocycles. The minimum atomic E-state index is -3.94. The maximum atomic E-state index is 12.5. The average Bonchev–Trinajstić information content (AvgIpc) is 2.30. The lowest BCUT2D eigenvalue weighted by Gasteiger charge is -2.22. The molecule has 0 spiro atoms. The van der Waals surface area contributed by atoms with Crippen LogP contribution in [-0.2, 0) is 14.8 Å². The smallest absolute Gasteiger partial charge is 0.246 e. The summed E-state index contributed by atoms with van der Waals surface area (Å²) in [4.78, 5) is 14.7. The molecule has 2 N–H and O–H groups in total. The predicted molar refractivity (Wildman–Crippen MR) is 79.7 cm³/mol. The first-order valence-corrected chi connectivity index (χ1v) is 8.35. The van der Waals surface area contributed by atoms with E-state index in [4.69, 9.17) is 17.3 Å². The molecular formula is C11H15BrClN3O3S. The molecule has 0 unspecified atom stereocenters. The highest BCUT2D eigenvalue weighted by molar-refractivity contribution is 9.10. The maximum Gasteiger partial charge on any atom is 0.246 e. The minimum absolute atomic E-state index is 0.0306. The van der Waals surface area contributed by atoms with Crippen LogP contribution in [0.15, 0.2) is 21.6 Å². The lowest BCUT2D eigenvalue weighted by atomic mass is 10.2. The van der Waals surface area contributed by atoms with Crippen molar-refractivity contribution in [1.82, 2.24) is 9.29 Å². The van der Waals surface area contributed by atoms with Gasteiger partial charge in [0.15, 0.2) is 0 Å². The number of nitrogens with two attached hydrogens (primary N) is 1. The molecule has 20 heavy (non-hydrogen) atoms. The number of carbonyl (C=O) groups excluding carboxylic acids is 1. The fourth-order valence-corrected chi connectivity index (χ4v) is 4.04. The fourth-order valence-electron chi connectivity index (χ4n) is 1.55. The second-order valence-electron chi connectivity index (χ2n) is 4.60. The molecule has 0 saturated heterocycles. The Morgan fingerprint density at radius 3 is 2.65 bits per heavy atom. The lowest BCUT2D eigenvalue weighted by Crippen LogP contribution is -2.40. The summed E-state index contributed by atoms with van der Waals surface area (Å²) in [5.41, 5.74) is 5.11. The molecule has 112 valence electrons. The monoisotopic (exact) mass is 383 g/mol. The van der Waals surface area contributed by atoms with E-state index in [0.717, 1.165) is 4.31 Å². The van der Waals surface area contributed by atoms with Crippen LogP contribution in [-0.4, -0.2) is 36.7 Å². The second kappa shape index (κ2) is 6.84. The van der Waals surface area contributed by atoms with E-state index in [1.54, 1.807) is 0 Å². The van der Waals surface area contributed by atoms with Crippen molar-refractivity contribution in [1.29, 1.82) is 0 Å². The average molecular weight is 385 g/mol. The molecule has 1 aromatic heterocycles. The summed E-state index contributed by atoms with van der Waals surface area (Å²) in [6, 6.07) is 1.35. The molecular weight excluding hydrogens is 370 g/mol. The molecule has 0 aliphatic carbocycles. The van der Waals surface area contributed by atoms with Crippen LogP contribution in [0.2, 0.25) is 5.15 Å². The van der Waals surface area contributed by atoms with E-state index < -0.39 is 22.5 Å². The molecule has 0 aromatic carbocycles. The number of sulfonamides is 1. The highest BCUT2D eigenvalue weighted by atomic mass is 79.9. The van der Waals surface area contributed by atoms with Crippen molar-refractivity contribution in [2.24, 2.45) is 11.7 Å². The standard InChI is InChI=1S/C11H15BrClN3O3S/c1-7(2)5-16(6-10(14)17)20(18,19)9-3-8(12)4-15-11(9)13/h3-4,7H,5-6H2,1-2H3,(H2,14,17). The number of aromatic nitrogens is 1. The number of hydrogen-bond donors (Lipinski definition) is 1. The van der Waals surface area contributed by atoms with Gasteiger partial charge in [-0.25, -0.2) is 13.4 Å². The minimum Gasteiger partial charge on any atom is -0.369 e. The predicted octanol–water partition coefficient (Wildman–Crippen LogP) is 1.63. The third-order valence-corrected chi connectivity index (χ3v) is 4.96. The molecule has 1 rings (SSSR count). The Bertz CT molecular complexity index is 607. The Labute approximate surface area is 131 Å². The van der Waals surface area contributed by atoms with Crippen LogP contribution in [0, 0.1) is 5.92 Å². The van der Waals surface area contributed by atoms with E-state index in [1.807, 2.05) is 13.8 Å². The molecule has 9 heteroatoms. The van der Waals surface area contributed by atoms with Crippen molar-refractivity contribution in [3.8, 4) is 0 Å². The Hall–Kier alpha value is -0.700. The van der Waals surface area contributed by atoms with Crippen molar-refractivity contribution in [3.05, 3.63) is 21.9 Å². The Balaban J connectivity index is 3.28. The normalized spacial score (nSPS) is 12.1. The molecule has 0 atom stereocenters. The van der Waals surface area contributed by atoms with Gasteiger partial charge >= 0.3 is 0 Å². The van der Waals surface area contributed by atoms with Gasteiger partial charge in [0, 0.05) is 17.2 Å². The van der Waals surface area contributed by atoms with Gasteiger partial charge in [-0.3, -0.25) is 4.79 Å². The number of rotatable bonds is 6. The number of carbonyl (C=O) groups is 1. The zero-order valence-corrected chi connectivity index (χ0v) is 14.2. The van der Waals surface area contributed by atoms with E-state index in [0.29, 0.717) is 4.47 Å². The Morgan fingerprint density at radius 2 is 2.15 bits per heavy atom. The number of primary amides is 1. The van der Waals surface area contributed by atoms with Gasteiger partial charge in [-0.05, 0) is 27.9 Å². The molecule has 0 bridgehead atoms. The van der Waals surface area contributed by atoms with Crippen LogP contribution in [0.3, 0.4) is 0 Å². The number of pyridine rings is 1. The molecule has 0 radical (unpaired) electrons. The zero-order valence-electron chi connectivity index (χ0n) is 11.0. The SMILES string of the molecule is CC(C)CN(CC(N)=O)S(=O)(=O)c1cc(Br)cnc1Cl. The Kier molecular flexibility index (Phi) is 5.93. The number of hydrogen-bond acceptors (Lipinski definition) is 4. The van der Waals surface area contributed by atoms with Crippen molar-refractivity contribution < 1.29 is 13.2 Å². The summed E-state index contributed by atoms with van der Waals surface area (Å²) in [5.74, 6) is -0.698. The summed E-state index contributed by atoms with van der Waals surface area (Å²) in [6.45, 7) is 3.44. The van der Waals surface area contributed by atoms with Gasteiger partial charge in [0.25, 0.3) is 0 Å². The molecule has 1 aromatic rings. The van der Waals surface area contributed by atoms with Crippen molar-refractivity contribution in [2.75, 3.05) is 13.1 Å². The summed E-state index contributed by atoms with van der Waals surface area (Å²) in [5, 5.41) is -0.147. The quantitative estimate of drug-likeness (QED) is 0.754. The molecule has 1 heterocycles. The molecule has 6 nitrogen and oxygen atoms in total. The highest BCUT2D eigenvalue weighted by Crippen LogP contribution is 2.26. The van der Waals surface area contributed by atoms with Crippen LogP contribution < -0.4 is 5.73 Å².